The second kappa shape index (κ2) is 6.04. The molecule has 7 heteroatoms. The molecule has 1 aliphatic rings. The number of hydrogen-bond donors (Lipinski definition) is 0. The molecule has 0 saturated carbocycles. The Hall–Kier alpha value is -1.89. The molecule has 110 valence electrons. The molecule has 0 aromatic carbocycles. The number of amides is 2. The molecule has 0 N–H and O–H groups in total. The van der Waals surface area contributed by atoms with Crippen LogP contribution in [-0.4, -0.2) is 53.8 Å². The van der Waals surface area contributed by atoms with Crippen LogP contribution >= 0.6 is 0 Å². The lowest BCUT2D eigenvalue weighted by Crippen LogP contribution is -2.45. The van der Waals surface area contributed by atoms with Gasteiger partial charge in [0.2, 0.25) is 5.91 Å². The fourth-order valence-electron chi connectivity index (χ4n) is 2.32. The summed E-state index contributed by atoms with van der Waals surface area (Å²) in [6.07, 6.45) is 1.04. The van der Waals surface area contributed by atoms with Crippen LogP contribution in [0.2, 0.25) is 0 Å². The lowest BCUT2D eigenvalue weighted by atomic mass is 10.2. The highest BCUT2D eigenvalue weighted by atomic mass is 16.5. The number of aryl methyl sites for hydroxylation is 2. The molecular weight excluding hydrogens is 262 g/mol. The van der Waals surface area contributed by atoms with Gasteiger partial charge < -0.3 is 9.26 Å². The maximum absolute atomic E-state index is 12.5. The van der Waals surface area contributed by atoms with Crippen LogP contribution in [0, 0.1) is 13.8 Å². The van der Waals surface area contributed by atoms with Gasteiger partial charge in [-0.3, -0.25) is 14.6 Å². The molecule has 1 aromatic heterocycles. The molecule has 20 heavy (non-hydrogen) atoms. The first-order valence-corrected chi connectivity index (χ1v) is 6.60. The molecule has 2 amide bonds. The van der Waals surface area contributed by atoms with Gasteiger partial charge in [-0.2, -0.15) is 0 Å². The average molecular weight is 281 g/mol. The molecule has 0 atom stereocenters. The van der Waals surface area contributed by atoms with Crippen molar-refractivity contribution in [1.82, 2.24) is 15.2 Å². The zero-order valence-corrected chi connectivity index (χ0v) is 12.0. The van der Waals surface area contributed by atoms with Crippen molar-refractivity contribution in [3.8, 4) is 0 Å². The van der Waals surface area contributed by atoms with Crippen molar-refractivity contribution < 1.29 is 18.8 Å². The number of aromatic nitrogens is 1. The van der Waals surface area contributed by atoms with Crippen molar-refractivity contribution in [2.24, 2.45) is 0 Å². The summed E-state index contributed by atoms with van der Waals surface area (Å²) in [6, 6.07) is 0. The topological polar surface area (TPSA) is 75.9 Å². The number of carbonyl (C=O) groups excluding carboxylic acids is 2. The summed E-state index contributed by atoms with van der Waals surface area (Å²) in [5.41, 5.74) is 0.986. The summed E-state index contributed by atoms with van der Waals surface area (Å²) in [5, 5.41) is 6.75. The Morgan fingerprint density at radius 1 is 1.30 bits per heavy atom. The molecule has 1 aromatic rings. The van der Waals surface area contributed by atoms with E-state index in [4.69, 9.17) is 9.26 Å². The minimum absolute atomic E-state index is 0.107. The highest BCUT2D eigenvalue weighted by molar-refractivity contribution is 5.97. The van der Waals surface area contributed by atoms with E-state index in [9.17, 15) is 9.59 Å². The van der Waals surface area contributed by atoms with Crippen molar-refractivity contribution in [2.45, 2.75) is 26.7 Å². The van der Waals surface area contributed by atoms with Crippen LogP contribution in [0.25, 0.3) is 0 Å². The van der Waals surface area contributed by atoms with Gasteiger partial charge in [-0.1, -0.05) is 5.16 Å². The van der Waals surface area contributed by atoms with E-state index in [2.05, 4.69) is 5.16 Å². The minimum Gasteiger partial charge on any atom is -0.384 e. The standard InChI is InChI=1S/C13H19N3O4/c1-9-12(10(2)20-14-9)13(18)16-7-4-6-15(16)11(17)5-8-19-3/h4-8H2,1-3H3. The fourth-order valence-corrected chi connectivity index (χ4v) is 2.32. The van der Waals surface area contributed by atoms with Crippen LogP contribution in [0.4, 0.5) is 0 Å². The molecule has 0 bridgehead atoms. The van der Waals surface area contributed by atoms with Crippen molar-refractivity contribution >= 4 is 11.8 Å². The lowest BCUT2D eigenvalue weighted by molar-refractivity contribution is -0.141. The summed E-state index contributed by atoms with van der Waals surface area (Å²) >= 11 is 0. The van der Waals surface area contributed by atoms with Crippen LogP contribution in [0.3, 0.4) is 0 Å². The Kier molecular flexibility index (Phi) is 4.39. The van der Waals surface area contributed by atoms with E-state index in [0.717, 1.165) is 6.42 Å². The maximum atomic E-state index is 12.5. The highest BCUT2D eigenvalue weighted by Gasteiger charge is 2.33. The van der Waals surface area contributed by atoms with Gasteiger partial charge in [-0.15, -0.1) is 0 Å². The van der Waals surface area contributed by atoms with Gasteiger partial charge in [0.1, 0.15) is 11.3 Å². The molecule has 1 saturated heterocycles. The quantitative estimate of drug-likeness (QED) is 0.820. The van der Waals surface area contributed by atoms with Gasteiger partial charge in [0, 0.05) is 20.2 Å². The third-order valence-corrected chi connectivity index (χ3v) is 3.32. The summed E-state index contributed by atoms with van der Waals surface area (Å²) in [7, 11) is 1.55. The largest absolute Gasteiger partial charge is 0.384 e. The van der Waals surface area contributed by atoms with Crippen molar-refractivity contribution in [3.05, 3.63) is 17.0 Å². The van der Waals surface area contributed by atoms with Gasteiger partial charge >= 0.3 is 0 Å². The Morgan fingerprint density at radius 2 is 2.00 bits per heavy atom. The van der Waals surface area contributed by atoms with Crippen LogP contribution < -0.4 is 0 Å². The number of methoxy groups -OCH3 is 1. The molecule has 0 aliphatic carbocycles. The number of hydrogen-bond acceptors (Lipinski definition) is 5. The fraction of sp³-hybridized carbons (Fsp3) is 0.615. The summed E-state index contributed by atoms with van der Waals surface area (Å²) in [4.78, 5) is 24.6. The number of ether oxygens (including phenoxy) is 1. The smallest absolute Gasteiger partial charge is 0.277 e. The van der Waals surface area contributed by atoms with E-state index in [-0.39, 0.29) is 18.2 Å². The first kappa shape index (κ1) is 14.5. The molecule has 7 nitrogen and oxygen atoms in total. The van der Waals surface area contributed by atoms with Crippen LogP contribution in [0.5, 0.6) is 0 Å². The average Bonchev–Trinajstić information content (AvgIpc) is 3.03. The normalized spacial score (nSPS) is 14.9. The summed E-state index contributed by atoms with van der Waals surface area (Å²) < 4.78 is 9.92. The van der Waals surface area contributed by atoms with E-state index < -0.39 is 0 Å². The first-order valence-electron chi connectivity index (χ1n) is 6.60. The van der Waals surface area contributed by atoms with Crippen LogP contribution in [0.15, 0.2) is 4.52 Å². The Bertz CT molecular complexity index is 492. The second-order valence-electron chi connectivity index (χ2n) is 4.74. The zero-order valence-electron chi connectivity index (χ0n) is 12.0. The Balaban J connectivity index is 2.15. The van der Waals surface area contributed by atoms with Gasteiger partial charge in [-0.25, -0.2) is 5.01 Å². The molecular formula is C13H19N3O4. The number of nitrogens with zero attached hydrogens (tertiary/aromatic N) is 3. The van der Waals surface area contributed by atoms with Crippen molar-refractivity contribution in [1.29, 1.82) is 0 Å². The maximum Gasteiger partial charge on any atom is 0.277 e. The number of hydrazine groups is 1. The molecule has 0 spiro atoms. The molecule has 2 rings (SSSR count). The minimum atomic E-state index is -0.232. The van der Waals surface area contributed by atoms with E-state index in [0.29, 0.717) is 36.7 Å². The summed E-state index contributed by atoms with van der Waals surface area (Å²) in [5.74, 6) is 0.137. The first-order chi connectivity index (χ1) is 9.56. The third-order valence-electron chi connectivity index (χ3n) is 3.32. The highest BCUT2D eigenvalue weighted by Crippen LogP contribution is 2.20. The Labute approximate surface area is 117 Å². The van der Waals surface area contributed by atoms with Gasteiger partial charge in [0.25, 0.3) is 5.91 Å². The van der Waals surface area contributed by atoms with Crippen LogP contribution in [0.1, 0.15) is 34.7 Å². The monoisotopic (exact) mass is 281 g/mol. The predicted molar refractivity (Wildman–Crippen MR) is 69.8 cm³/mol. The van der Waals surface area contributed by atoms with Gasteiger partial charge in [-0.05, 0) is 20.3 Å². The third kappa shape index (κ3) is 2.67. The molecule has 0 radical (unpaired) electrons. The number of carbonyl (C=O) groups is 2. The van der Waals surface area contributed by atoms with E-state index >= 15 is 0 Å². The van der Waals surface area contributed by atoms with E-state index in [1.165, 1.54) is 10.0 Å². The van der Waals surface area contributed by atoms with Crippen molar-refractivity contribution in [3.63, 3.8) is 0 Å². The SMILES string of the molecule is COCCC(=O)N1CCCN1C(=O)c1c(C)noc1C. The molecule has 1 aliphatic heterocycles. The second-order valence-corrected chi connectivity index (χ2v) is 4.74. The van der Waals surface area contributed by atoms with Gasteiger partial charge in [0.05, 0.1) is 18.7 Å². The van der Waals surface area contributed by atoms with E-state index in [1.54, 1.807) is 21.0 Å². The van der Waals surface area contributed by atoms with Crippen LogP contribution in [-0.2, 0) is 9.53 Å². The van der Waals surface area contributed by atoms with Crippen molar-refractivity contribution in [2.75, 3.05) is 26.8 Å². The number of rotatable bonds is 4. The molecule has 0 unspecified atom stereocenters. The Morgan fingerprint density at radius 3 is 2.60 bits per heavy atom. The van der Waals surface area contributed by atoms with E-state index in [1.807, 2.05) is 0 Å². The molecule has 1 fully saturated rings. The zero-order chi connectivity index (χ0) is 14.7. The lowest BCUT2D eigenvalue weighted by Gasteiger charge is -2.27. The predicted octanol–water partition coefficient (Wildman–Crippen LogP) is 0.917. The molecule has 2 heterocycles. The van der Waals surface area contributed by atoms with Gasteiger partial charge in [0.15, 0.2) is 0 Å². The summed E-state index contributed by atoms with van der Waals surface area (Å²) in [6.45, 7) is 4.85.